The van der Waals surface area contributed by atoms with Gasteiger partial charge in [0, 0.05) is 22.9 Å². The molecule has 2 rings (SSSR count). The fourth-order valence-corrected chi connectivity index (χ4v) is 3.31. The largest absolute Gasteiger partial charge is 0.351 e. The summed E-state index contributed by atoms with van der Waals surface area (Å²) >= 11 is 3.10. The highest BCUT2D eigenvalue weighted by Crippen LogP contribution is 2.16. The molecule has 0 fully saturated rings. The van der Waals surface area contributed by atoms with Crippen LogP contribution in [0.25, 0.3) is 0 Å². The first-order valence-electron chi connectivity index (χ1n) is 6.32. The molecule has 0 bridgehead atoms. The van der Waals surface area contributed by atoms with Gasteiger partial charge in [-0.15, -0.1) is 11.3 Å². The molecule has 1 aromatic carbocycles. The third-order valence-corrected chi connectivity index (χ3v) is 4.72. The van der Waals surface area contributed by atoms with Crippen LogP contribution in [0.2, 0.25) is 0 Å². The van der Waals surface area contributed by atoms with Crippen LogP contribution < -0.4 is 5.32 Å². The predicted molar refractivity (Wildman–Crippen MR) is 84.0 cm³/mol. The van der Waals surface area contributed by atoms with Crippen LogP contribution in [0.1, 0.15) is 20.1 Å². The molecule has 0 aliphatic heterocycles. The lowest BCUT2D eigenvalue weighted by Gasteiger charge is -2.05. The lowest BCUT2D eigenvalue weighted by molar-refractivity contribution is 0.0960. The van der Waals surface area contributed by atoms with Gasteiger partial charge in [-0.25, -0.2) is 4.39 Å². The topological polar surface area (TPSA) is 29.1 Å². The van der Waals surface area contributed by atoms with E-state index in [0.29, 0.717) is 17.9 Å². The number of thioether (sulfide) groups is 1. The fraction of sp³-hybridized carbons (Fsp3) is 0.267. The maximum atomic E-state index is 13.4. The molecule has 0 unspecified atom stereocenters. The van der Waals surface area contributed by atoms with E-state index in [9.17, 15) is 9.18 Å². The Morgan fingerprint density at radius 2 is 2.10 bits per heavy atom. The minimum Gasteiger partial charge on any atom is -0.351 e. The van der Waals surface area contributed by atoms with Crippen LogP contribution in [-0.4, -0.2) is 18.2 Å². The number of thiophene rings is 1. The number of halogens is 1. The van der Waals surface area contributed by atoms with E-state index in [1.54, 1.807) is 23.9 Å². The van der Waals surface area contributed by atoms with Crippen molar-refractivity contribution in [2.75, 3.05) is 12.3 Å². The zero-order valence-electron chi connectivity index (χ0n) is 11.2. The summed E-state index contributed by atoms with van der Waals surface area (Å²) in [5.41, 5.74) is 0.706. The van der Waals surface area contributed by atoms with E-state index >= 15 is 0 Å². The van der Waals surface area contributed by atoms with Crippen LogP contribution in [0.4, 0.5) is 4.39 Å². The van der Waals surface area contributed by atoms with Gasteiger partial charge >= 0.3 is 0 Å². The molecule has 106 valence electrons. The summed E-state index contributed by atoms with van der Waals surface area (Å²) in [6.45, 7) is 2.57. The number of hydrogen-bond donors (Lipinski definition) is 1. The highest BCUT2D eigenvalue weighted by molar-refractivity contribution is 7.98. The second-order valence-corrected chi connectivity index (χ2v) is 6.70. The van der Waals surface area contributed by atoms with Gasteiger partial charge in [0.05, 0.1) is 4.88 Å². The molecule has 2 nitrogen and oxygen atoms in total. The van der Waals surface area contributed by atoms with Crippen LogP contribution in [0.5, 0.6) is 0 Å². The van der Waals surface area contributed by atoms with E-state index in [-0.39, 0.29) is 11.7 Å². The van der Waals surface area contributed by atoms with Crippen molar-refractivity contribution in [1.82, 2.24) is 5.32 Å². The Labute approximate surface area is 126 Å². The van der Waals surface area contributed by atoms with Crippen molar-refractivity contribution in [3.05, 3.63) is 57.5 Å². The molecule has 20 heavy (non-hydrogen) atoms. The molecular formula is C15H16FNOS2. The summed E-state index contributed by atoms with van der Waals surface area (Å²) in [5.74, 6) is 1.19. The Kier molecular flexibility index (Phi) is 5.61. The Balaban J connectivity index is 1.67. The second kappa shape index (κ2) is 7.45. The van der Waals surface area contributed by atoms with Crippen molar-refractivity contribution in [3.63, 3.8) is 0 Å². The maximum Gasteiger partial charge on any atom is 0.261 e. The van der Waals surface area contributed by atoms with E-state index in [1.165, 1.54) is 17.4 Å². The SMILES string of the molecule is Cc1ccc(C(=O)NCCSCc2ccccc2F)s1. The fourth-order valence-electron chi connectivity index (χ4n) is 1.68. The van der Waals surface area contributed by atoms with Gasteiger partial charge in [-0.2, -0.15) is 11.8 Å². The summed E-state index contributed by atoms with van der Waals surface area (Å²) in [5, 5.41) is 2.87. The van der Waals surface area contributed by atoms with Crippen LogP contribution in [-0.2, 0) is 5.75 Å². The maximum absolute atomic E-state index is 13.4. The number of carbonyl (C=O) groups excluding carboxylic acids is 1. The third kappa shape index (κ3) is 4.35. The van der Waals surface area contributed by atoms with Crippen molar-refractivity contribution in [2.45, 2.75) is 12.7 Å². The van der Waals surface area contributed by atoms with Gasteiger partial charge < -0.3 is 5.32 Å². The summed E-state index contributed by atoms with van der Waals surface area (Å²) < 4.78 is 13.4. The van der Waals surface area contributed by atoms with Gasteiger partial charge in [-0.1, -0.05) is 18.2 Å². The Morgan fingerprint density at radius 1 is 1.30 bits per heavy atom. The minimum atomic E-state index is -0.168. The van der Waals surface area contributed by atoms with Crippen LogP contribution in [0.3, 0.4) is 0 Å². The lowest BCUT2D eigenvalue weighted by atomic mass is 10.2. The second-order valence-electron chi connectivity index (χ2n) is 4.31. The van der Waals surface area contributed by atoms with Crippen molar-refractivity contribution in [1.29, 1.82) is 0 Å². The molecule has 0 aliphatic rings. The molecule has 1 heterocycles. The van der Waals surface area contributed by atoms with E-state index in [2.05, 4.69) is 5.32 Å². The summed E-state index contributed by atoms with van der Waals surface area (Å²) in [7, 11) is 0. The normalized spacial score (nSPS) is 10.5. The van der Waals surface area contributed by atoms with Crippen molar-refractivity contribution >= 4 is 29.0 Å². The molecule has 1 aromatic heterocycles. The summed E-state index contributed by atoms with van der Waals surface area (Å²) in [6.07, 6.45) is 0. The number of amides is 1. The van der Waals surface area contributed by atoms with Crippen LogP contribution in [0, 0.1) is 12.7 Å². The number of nitrogens with one attached hydrogen (secondary N) is 1. The first-order valence-corrected chi connectivity index (χ1v) is 8.30. The van der Waals surface area contributed by atoms with Crippen molar-refractivity contribution in [2.24, 2.45) is 0 Å². The average molecular weight is 309 g/mol. The van der Waals surface area contributed by atoms with E-state index < -0.39 is 0 Å². The molecule has 1 N–H and O–H groups in total. The smallest absolute Gasteiger partial charge is 0.261 e. The van der Waals surface area contributed by atoms with Gasteiger partial charge in [0.2, 0.25) is 0 Å². The van der Waals surface area contributed by atoms with E-state index in [4.69, 9.17) is 0 Å². The summed E-state index contributed by atoms with van der Waals surface area (Å²) in [6, 6.07) is 10.5. The first-order chi connectivity index (χ1) is 9.66. The third-order valence-electron chi connectivity index (χ3n) is 2.71. The highest BCUT2D eigenvalue weighted by Gasteiger charge is 2.07. The van der Waals surface area contributed by atoms with E-state index in [1.807, 2.05) is 25.1 Å². The van der Waals surface area contributed by atoms with Gasteiger partial charge in [-0.05, 0) is 30.7 Å². The monoisotopic (exact) mass is 309 g/mol. The van der Waals surface area contributed by atoms with E-state index in [0.717, 1.165) is 15.5 Å². The molecule has 2 aromatic rings. The number of hydrogen-bond acceptors (Lipinski definition) is 3. The van der Waals surface area contributed by atoms with Crippen molar-refractivity contribution < 1.29 is 9.18 Å². The molecule has 0 saturated heterocycles. The number of aryl methyl sites for hydroxylation is 1. The number of carbonyl (C=O) groups is 1. The van der Waals surface area contributed by atoms with Gasteiger partial charge in [-0.3, -0.25) is 4.79 Å². The molecule has 0 atom stereocenters. The molecule has 0 spiro atoms. The molecule has 5 heteroatoms. The number of benzene rings is 1. The summed E-state index contributed by atoms with van der Waals surface area (Å²) in [4.78, 5) is 13.6. The van der Waals surface area contributed by atoms with Gasteiger partial charge in [0.25, 0.3) is 5.91 Å². The first kappa shape index (κ1) is 15.1. The quantitative estimate of drug-likeness (QED) is 0.821. The Morgan fingerprint density at radius 3 is 2.80 bits per heavy atom. The molecule has 1 amide bonds. The zero-order valence-corrected chi connectivity index (χ0v) is 12.8. The lowest BCUT2D eigenvalue weighted by Crippen LogP contribution is -2.24. The standard InChI is InChI=1S/C15H16FNOS2/c1-11-6-7-14(20-11)15(18)17-8-9-19-10-12-4-2-3-5-13(12)16/h2-7H,8-10H2,1H3,(H,17,18). The average Bonchev–Trinajstić information content (AvgIpc) is 2.87. The van der Waals surface area contributed by atoms with Gasteiger partial charge in [0.1, 0.15) is 5.82 Å². The zero-order chi connectivity index (χ0) is 14.4. The van der Waals surface area contributed by atoms with Crippen LogP contribution in [0.15, 0.2) is 36.4 Å². The van der Waals surface area contributed by atoms with Crippen molar-refractivity contribution in [3.8, 4) is 0 Å². The number of rotatable bonds is 6. The minimum absolute atomic E-state index is 0.0328. The van der Waals surface area contributed by atoms with Crippen LogP contribution >= 0.6 is 23.1 Å². The Bertz CT molecular complexity index is 583. The Hall–Kier alpha value is -1.33. The van der Waals surface area contributed by atoms with Gasteiger partial charge in [0.15, 0.2) is 0 Å². The predicted octanol–water partition coefficient (Wildman–Crippen LogP) is 3.86. The molecule has 0 saturated carbocycles. The molecule has 0 radical (unpaired) electrons. The molecule has 0 aliphatic carbocycles. The molecular weight excluding hydrogens is 293 g/mol. The highest BCUT2D eigenvalue weighted by atomic mass is 32.2.